The molecular formula is C15H26N2O4S. The van der Waals surface area contributed by atoms with Crippen LogP contribution in [0.3, 0.4) is 0 Å². The van der Waals surface area contributed by atoms with Crippen LogP contribution >= 0.6 is 0 Å². The number of aliphatic hydroxyl groups is 1. The zero-order valence-electron chi connectivity index (χ0n) is 13.6. The largest absolute Gasteiger partial charge is 0.389 e. The molecule has 3 N–H and O–H groups in total. The number of aliphatic hydroxyl groups excluding tert-OH is 1. The van der Waals surface area contributed by atoms with Crippen LogP contribution in [0.1, 0.15) is 32.4 Å². The van der Waals surface area contributed by atoms with Gasteiger partial charge < -0.3 is 9.84 Å². The average molecular weight is 330 g/mol. The molecule has 0 heterocycles. The molecule has 7 heteroatoms. The van der Waals surface area contributed by atoms with Crippen molar-refractivity contribution in [1.82, 2.24) is 4.90 Å². The second kappa shape index (κ2) is 8.03. The molecule has 0 spiro atoms. The molecule has 0 aliphatic rings. The standard InChI is InChI=1S/C15H26N2O4S/c1-11(2)21-10-14(18)9-17(4)12(3)13-5-7-15(8-6-13)22(16,19)20/h5-8,11-12,14,18H,9-10H2,1-4H3,(H2,16,19,20). The highest BCUT2D eigenvalue weighted by molar-refractivity contribution is 7.89. The molecule has 0 bridgehead atoms. The van der Waals surface area contributed by atoms with Crippen LogP contribution in [0.5, 0.6) is 0 Å². The molecule has 1 rings (SSSR count). The Morgan fingerprint density at radius 1 is 1.23 bits per heavy atom. The molecule has 2 atom stereocenters. The zero-order valence-corrected chi connectivity index (χ0v) is 14.4. The summed E-state index contributed by atoms with van der Waals surface area (Å²) in [7, 11) is -1.77. The van der Waals surface area contributed by atoms with E-state index in [-0.39, 0.29) is 17.0 Å². The quantitative estimate of drug-likeness (QED) is 0.745. The van der Waals surface area contributed by atoms with E-state index in [1.165, 1.54) is 12.1 Å². The van der Waals surface area contributed by atoms with Gasteiger partial charge >= 0.3 is 0 Å². The van der Waals surface area contributed by atoms with E-state index >= 15 is 0 Å². The van der Waals surface area contributed by atoms with E-state index < -0.39 is 16.1 Å². The second-order valence-corrected chi connectivity index (χ2v) is 7.33. The number of sulfonamides is 1. The summed E-state index contributed by atoms with van der Waals surface area (Å²) in [6, 6.07) is 6.49. The van der Waals surface area contributed by atoms with Crippen LogP contribution in [-0.4, -0.2) is 50.8 Å². The lowest BCUT2D eigenvalue weighted by atomic mass is 10.1. The third-order valence-electron chi connectivity index (χ3n) is 3.47. The van der Waals surface area contributed by atoms with Gasteiger partial charge in [-0.15, -0.1) is 0 Å². The van der Waals surface area contributed by atoms with Gasteiger partial charge in [-0.25, -0.2) is 13.6 Å². The fraction of sp³-hybridized carbons (Fsp3) is 0.600. The highest BCUT2D eigenvalue weighted by Gasteiger charge is 2.17. The first-order chi connectivity index (χ1) is 10.1. The summed E-state index contributed by atoms with van der Waals surface area (Å²) in [5, 5.41) is 15.0. The van der Waals surface area contributed by atoms with Gasteiger partial charge in [0.05, 0.1) is 23.7 Å². The van der Waals surface area contributed by atoms with E-state index in [1.807, 2.05) is 32.7 Å². The Hall–Kier alpha value is -0.990. The smallest absolute Gasteiger partial charge is 0.238 e. The van der Waals surface area contributed by atoms with Crippen molar-refractivity contribution < 1.29 is 18.3 Å². The molecule has 22 heavy (non-hydrogen) atoms. The minimum absolute atomic E-state index is 0.0308. The van der Waals surface area contributed by atoms with Gasteiger partial charge in [-0.3, -0.25) is 4.90 Å². The second-order valence-electron chi connectivity index (χ2n) is 5.77. The van der Waals surface area contributed by atoms with Crippen molar-refractivity contribution >= 4 is 10.0 Å². The lowest BCUT2D eigenvalue weighted by molar-refractivity contribution is -0.00949. The molecule has 0 saturated carbocycles. The number of hydrogen-bond donors (Lipinski definition) is 2. The van der Waals surface area contributed by atoms with Crippen LogP contribution in [0.2, 0.25) is 0 Å². The zero-order chi connectivity index (χ0) is 16.9. The fourth-order valence-electron chi connectivity index (χ4n) is 2.04. The Bertz CT molecular complexity index is 557. The van der Waals surface area contributed by atoms with E-state index in [4.69, 9.17) is 9.88 Å². The summed E-state index contributed by atoms with van der Waals surface area (Å²) in [5.74, 6) is 0. The third kappa shape index (κ3) is 6.02. The first-order valence-electron chi connectivity index (χ1n) is 7.24. The molecule has 0 aromatic heterocycles. The first kappa shape index (κ1) is 19.1. The molecule has 0 radical (unpaired) electrons. The van der Waals surface area contributed by atoms with Crippen molar-refractivity contribution in [2.75, 3.05) is 20.2 Å². The van der Waals surface area contributed by atoms with Gasteiger partial charge in [-0.05, 0) is 45.5 Å². The topological polar surface area (TPSA) is 92.9 Å². The van der Waals surface area contributed by atoms with E-state index in [0.29, 0.717) is 13.2 Å². The van der Waals surface area contributed by atoms with Crippen molar-refractivity contribution in [3.8, 4) is 0 Å². The molecule has 0 saturated heterocycles. The fourth-order valence-corrected chi connectivity index (χ4v) is 2.55. The highest BCUT2D eigenvalue weighted by atomic mass is 32.2. The van der Waals surface area contributed by atoms with Gasteiger partial charge in [-0.2, -0.15) is 0 Å². The maximum Gasteiger partial charge on any atom is 0.238 e. The summed E-state index contributed by atoms with van der Waals surface area (Å²) in [6.45, 7) is 6.59. The number of benzene rings is 1. The van der Waals surface area contributed by atoms with Crippen molar-refractivity contribution in [2.24, 2.45) is 5.14 Å². The van der Waals surface area contributed by atoms with Gasteiger partial charge in [0.1, 0.15) is 0 Å². The number of primary sulfonamides is 1. The lowest BCUT2D eigenvalue weighted by Crippen LogP contribution is -2.34. The van der Waals surface area contributed by atoms with Crippen molar-refractivity contribution in [3.05, 3.63) is 29.8 Å². The van der Waals surface area contributed by atoms with Crippen LogP contribution < -0.4 is 5.14 Å². The molecule has 0 fully saturated rings. The number of ether oxygens (including phenoxy) is 1. The Balaban J connectivity index is 2.64. The molecule has 0 aliphatic heterocycles. The predicted molar refractivity (Wildman–Crippen MR) is 86.0 cm³/mol. The van der Waals surface area contributed by atoms with Gasteiger partial charge in [0.15, 0.2) is 0 Å². The van der Waals surface area contributed by atoms with Crippen molar-refractivity contribution in [1.29, 1.82) is 0 Å². The Labute approximate surface area is 132 Å². The molecule has 1 aromatic rings. The van der Waals surface area contributed by atoms with Crippen LogP contribution in [0, 0.1) is 0 Å². The first-order valence-corrected chi connectivity index (χ1v) is 8.78. The van der Waals surface area contributed by atoms with Gasteiger partial charge in [0.25, 0.3) is 0 Å². The maximum atomic E-state index is 11.2. The third-order valence-corrected chi connectivity index (χ3v) is 4.40. The summed E-state index contributed by atoms with van der Waals surface area (Å²) in [4.78, 5) is 2.08. The molecule has 2 unspecified atom stereocenters. The number of rotatable bonds is 8. The van der Waals surface area contributed by atoms with Crippen LogP contribution in [0.4, 0.5) is 0 Å². The van der Waals surface area contributed by atoms with Crippen LogP contribution in [-0.2, 0) is 14.8 Å². The summed E-state index contributed by atoms with van der Waals surface area (Å²) in [5.41, 5.74) is 0.951. The van der Waals surface area contributed by atoms with Crippen LogP contribution in [0.25, 0.3) is 0 Å². The Kier molecular flexibility index (Phi) is 6.96. The average Bonchev–Trinajstić information content (AvgIpc) is 2.43. The van der Waals surface area contributed by atoms with Gasteiger partial charge in [-0.1, -0.05) is 12.1 Å². The molecule has 0 amide bonds. The molecule has 1 aromatic carbocycles. The lowest BCUT2D eigenvalue weighted by Gasteiger charge is -2.27. The van der Waals surface area contributed by atoms with E-state index in [1.54, 1.807) is 12.1 Å². The normalized spacial score (nSPS) is 15.3. The Morgan fingerprint density at radius 2 is 1.77 bits per heavy atom. The number of nitrogens with two attached hydrogens (primary N) is 1. The van der Waals surface area contributed by atoms with Gasteiger partial charge in [0, 0.05) is 12.6 Å². The molecule has 126 valence electrons. The number of likely N-dealkylation sites (N-methyl/N-ethyl adjacent to an activating group) is 1. The summed E-state index contributed by atoms with van der Waals surface area (Å²) < 4.78 is 27.9. The molecule has 0 aliphatic carbocycles. The summed E-state index contributed by atoms with van der Waals surface area (Å²) in [6.07, 6.45) is -0.485. The SMILES string of the molecule is CC(C)OCC(O)CN(C)C(C)c1ccc(S(N)(=O)=O)cc1. The monoisotopic (exact) mass is 330 g/mol. The minimum Gasteiger partial charge on any atom is -0.389 e. The van der Waals surface area contributed by atoms with E-state index in [2.05, 4.69) is 0 Å². The van der Waals surface area contributed by atoms with E-state index in [0.717, 1.165) is 5.56 Å². The Morgan fingerprint density at radius 3 is 2.23 bits per heavy atom. The van der Waals surface area contributed by atoms with Crippen molar-refractivity contribution in [2.45, 2.75) is 43.9 Å². The molecular weight excluding hydrogens is 304 g/mol. The van der Waals surface area contributed by atoms with E-state index in [9.17, 15) is 13.5 Å². The minimum atomic E-state index is -3.67. The van der Waals surface area contributed by atoms with Gasteiger partial charge in [0.2, 0.25) is 10.0 Å². The van der Waals surface area contributed by atoms with Crippen molar-refractivity contribution in [3.63, 3.8) is 0 Å². The summed E-state index contributed by atoms with van der Waals surface area (Å²) >= 11 is 0. The number of hydrogen-bond acceptors (Lipinski definition) is 5. The molecule has 6 nitrogen and oxygen atoms in total. The number of nitrogens with zero attached hydrogens (tertiary/aromatic N) is 1. The highest BCUT2D eigenvalue weighted by Crippen LogP contribution is 2.20. The van der Waals surface area contributed by atoms with Crippen LogP contribution in [0.15, 0.2) is 29.2 Å². The predicted octanol–water partition coefficient (Wildman–Crippen LogP) is 1.11. The maximum absolute atomic E-state index is 11.2.